The van der Waals surface area contributed by atoms with Gasteiger partial charge in [-0.3, -0.25) is 9.59 Å². The van der Waals surface area contributed by atoms with Crippen LogP contribution in [0.2, 0.25) is 0 Å². The minimum Gasteiger partial charge on any atom is -0.495 e. The Balaban J connectivity index is 1.72. The van der Waals surface area contributed by atoms with Crippen molar-refractivity contribution in [3.05, 3.63) is 30.0 Å². The van der Waals surface area contributed by atoms with Gasteiger partial charge in [-0.05, 0) is 45.0 Å². The molecule has 2 amide bonds. The van der Waals surface area contributed by atoms with Crippen LogP contribution in [0.1, 0.15) is 30.6 Å². The van der Waals surface area contributed by atoms with E-state index < -0.39 is 5.41 Å². The van der Waals surface area contributed by atoms with E-state index in [9.17, 15) is 9.59 Å². The Hall–Kier alpha value is -3.40. The van der Waals surface area contributed by atoms with E-state index in [1.165, 1.54) is 0 Å². The van der Waals surface area contributed by atoms with Crippen molar-refractivity contribution in [3.8, 4) is 5.75 Å². The highest BCUT2D eigenvalue weighted by Crippen LogP contribution is 2.38. The Morgan fingerprint density at radius 1 is 1.33 bits per heavy atom. The number of amides is 2. The first-order valence-electron chi connectivity index (χ1n) is 11.0. The summed E-state index contributed by atoms with van der Waals surface area (Å²) >= 11 is 0. The van der Waals surface area contributed by atoms with Crippen molar-refractivity contribution in [1.29, 1.82) is 0 Å². The van der Waals surface area contributed by atoms with Crippen molar-refractivity contribution in [2.24, 2.45) is 5.41 Å². The molecule has 1 saturated heterocycles. The van der Waals surface area contributed by atoms with Crippen LogP contribution in [0.25, 0.3) is 0 Å². The molecule has 10 nitrogen and oxygen atoms in total. The fourth-order valence-corrected chi connectivity index (χ4v) is 4.41. The molecule has 33 heavy (non-hydrogen) atoms. The summed E-state index contributed by atoms with van der Waals surface area (Å²) in [6.07, 6.45) is 2.67. The highest BCUT2D eigenvalue weighted by atomic mass is 16.5. The number of ether oxygens (including phenoxy) is 1. The molecule has 2 aromatic rings. The highest BCUT2D eigenvalue weighted by Gasteiger charge is 2.41. The van der Waals surface area contributed by atoms with Crippen molar-refractivity contribution in [2.75, 3.05) is 56.0 Å². The number of hydrogen-bond donors (Lipinski definition) is 3. The van der Waals surface area contributed by atoms with Crippen LogP contribution in [0, 0.1) is 5.41 Å². The van der Waals surface area contributed by atoms with E-state index in [0.717, 1.165) is 25.3 Å². The summed E-state index contributed by atoms with van der Waals surface area (Å²) in [7, 11) is 4.90. The van der Waals surface area contributed by atoms with Crippen LogP contribution < -0.4 is 30.5 Å². The zero-order valence-electron chi connectivity index (χ0n) is 19.7. The predicted octanol–water partition coefficient (Wildman–Crippen LogP) is 1.76. The Labute approximate surface area is 193 Å². The summed E-state index contributed by atoms with van der Waals surface area (Å²) in [5, 5.41) is 9.23. The van der Waals surface area contributed by atoms with Crippen LogP contribution in [0.3, 0.4) is 0 Å². The van der Waals surface area contributed by atoms with Crippen LogP contribution in [-0.2, 0) is 4.79 Å². The van der Waals surface area contributed by atoms with E-state index >= 15 is 0 Å². The minimum absolute atomic E-state index is 0.0352. The van der Waals surface area contributed by atoms with E-state index in [1.54, 1.807) is 50.5 Å². The SMILES string of the molecule is CNC(=O)c1ccc(Nc2ncc3c(n2)N(C2CCNC2)CC(C)(C)C(=O)N3C)c(OC)c1. The van der Waals surface area contributed by atoms with Gasteiger partial charge in [-0.1, -0.05) is 0 Å². The van der Waals surface area contributed by atoms with Gasteiger partial charge in [-0.25, -0.2) is 4.98 Å². The van der Waals surface area contributed by atoms with Gasteiger partial charge >= 0.3 is 0 Å². The van der Waals surface area contributed by atoms with Gasteiger partial charge in [0.2, 0.25) is 11.9 Å². The second-order valence-corrected chi connectivity index (χ2v) is 9.04. The number of rotatable bonds is 5. The molecule has 0 aliphatic carbocycles. The molecule has 3 heterocycles. The summed E-state index contributed by atoms with van der Waals surface area (Å²) in [6.45, 7) is 6.29. The van der Waals surface area contributed by atoms with Crippen molar-refractivity contribution in [2.45, 2.75) is 26.3 Å². The minimum atomic E-state index is -0.565. The van der Waals surface area contributed by atoms with Gasteiger partial charge < -0.3 is 30.5 Å². The van der Waals surface area contributed by atoms with Crippen LogP contribution >= 0.6 is 0 Å². The Morgan fingerprint density at radius 2 is 2.12 bits per heavy atom. The molecule has 0 bridgehead atoms. The maximum absolute atomic E-state index is 13.1. The second kappa shape index (κ2) is 8.86. The van der Waals surface area contributed by atoms with Crippen molar-refractivity contribution < 1.29 is 14.3 Å². The van der Waals surface area contributed by atoms with Gasteiger partial charge in [0.1, 0.15) is 11.4 Å². The molecule has 1 atom stereocenters. The lowest BCUT2D eigenvalue weighted by molar-refractivity contribution is -0.125. The summed E-state index contributed by atoms with van der Waals surface area (Å²) in [5.41, 5.74) is 1.25. The first-order chi connectivity index (χ1) is 15.7. The molecule has 0 spiro atoms. The smallest absolute Gasteiger partial charge is 0.251 e. The van der Waals surface area contributed by atoms with E-state index in [0.29, 0.717) is 35.2 Å². The third-order valence-electron chi connectivity index (χ3n) is 6.24. The number of aromatic nitrogens is 2. The van der Waals surface area contributed by atoms with Gasteiger partial charge in [0, 0.05) is 38.8 Å². The summed E-state index contributed by atoms with van der Waals surface area (Å²) in [4.78, 5) is 38.3. The molecule has 1 aromatic heterocycles. The quantitative estimate of drug-likeness (QED) is 0.628. The molecule has 1 fully saturated rings. The van der Waals surface area contributed by atoms with Gasteiger partial charge in [0.15, 0.2) is 5.82 Å². The molecule has 2 aliphatic heterocycles. The van der Waals surface area contributed by atoms with Crippen LogP contribution in [-0.4, -0.2) is 68.7 Å². The van der Waals surface area contributed by atoms with Crippen LogP contribution in [0.4, 0.5) is 23.1 Å². The monoisotopic (exact) mass is 453 g/mol. The zero-order chi connectivity index (χ0) is 23.8. The van der Waals surface area contributed by atoms with Gasteiger partial charge in [-0.2, -0.15) is 4.98 Å². The molecular weight excluding hydrogens is 422 g/mol. The first-order valence-corrected chi connectivity index (χ1v) is 11.0. The van der Waals surface area contributed by atoms with E-state index in [2.05, 4.69) is 25.8 Å². The highest BCUT2D eigenvalue weighted by molar-refractivity contribution is 6.01. The average molecular weight is 454 g/mol. The largest absolute Gasteiger partial charge is 0.495 e. The number of anilines is 4. The molecule has 10 heteroatoms. The lowest BCUT2D eigenvalue weighted by Crippen LogP contribution is -2.46. The number of nitrogens with zero attached hydrogens (tertiary/aromatic N) is 4. The number of fused-ring (bicyclic) bond motifs is 1. The molecule has 3 N–H and O–H groups in total. The third-order valence-corrected chi connectivity index (χ3v) is 6.24. The normalized spacial score (nSPS) is 19.7. The Kier molecular flexibility index (Phi) is 6.11. The second-order valence-electron chi connectivity index (χ2n) is 9.04. The summed E-state index contributed by atoms with van der Waals surface area (Å²) < 4.78 is 5.48. The van der Waals surface area contributed by atoms with E-state index in [1.807, 2.05) is 13.8 Å². The van der Waals surface area contributed by atoms with Crippen molar-refractivity contribution in [1.82, 2.24) is 20.6 Å². The molecular formula is C23H31N7O3. The zero-order valence-corrected chi connectivity index (χ0v) is 19.7. The molecule has 176 valence electrons. The number of carbonyl (C=O) groups is 2. The third kappa shape index (κ3) is 4.30. The maximum Gasteiger partial charge on any atom is 0.251 e. The van der Waals surface area contributed by atoms with Gasteiger partial charge in [0.05, 0.1) is 24.4 Å². The number of methoxy groups -OCH3 is 1. The maximum atomic E-state index is 13.1. The number of hydrogen-bond acceptors (Lipinski definition) is 8. The number of nitrogens with one attached hydrogen (secondary N) is 3. The molecule has 4 rings (SSSR count). The number of benzene rings is 1. The molecule has 1 unspecified atom stereocenters. The molecule has 0 radical (unpaired) electrons. The van der Waals surface area contributed by atoms with Crippen LogP contribution in [0.15, 0.2) is 24.4 Å². The lowest BCUT2D eigenvalue weighted by Gasteiger charge is -2.33. The fourth-order valence-electron chi connectivity index (χ4n) is 4.41. The molecule has 0 saturated carbocycles. The standard InChI is InChI=1S/C23H31N7O3/c1-23(2)13-30(15-8-9-25-11-15)19-17(29(4)21(23)32)12-26-22(28-19)27-16-7-6-14(20(31)24-3)10-18(16)33-5/h6-7,10,12,15,25H,8-9,11,13H2,1-5H3,(H,24,31)(H,26,27,28). The van der Waals surface area contributed by atoms with Gasteiger partial charge in [0.25, 0.3) is 5.91 Å². The summed E-state index contributed by atoms with van der Waals surface area (Å²) in [5.74, 6) is 1.45. The van der Waals surface area contributed by atoms with E-state index in [-0.39, 0.29) is 17.9 Å². The van der Waals surface area contributed by atoms with Crippen LogP contribution in [0.5, 0.6) is 5.75 Å². The van der Waals surface area contributed by atoms with Gasteiger partial charge in [-0.15, -0.1) is 0 Å². The predicted molar refractivity (Wildman–Crippen MR) is 128 cm³/mol. The van der Waals surface area contributed by atoms with Crippen molar-refractivity contribution in [3.63, 3.8) is 0 Å². The van der Waals surface area contributed by atoms with Crippen molar-refractivity contribution >= 4 is 35.0 Å². The topological polar surface area (TPSA) is 112 Å². The Bertz CT molecular complexity index is 1070. The average Bonchev–Trinajstić information content (AvgIpc) is 3.34. The van der Waals surface area contributed by atoms with E-state index in [4.69, 9.17) is 9.72 Å². The molecule has 2 aliphatic rings. The number of carbonyl (C=O) groups excluding carboxylic acids is 2. The first kappa shape index (κ1) is 22.8. The lowest BCUT2D eigenvalue weighted by atomic mass is 9.91. The molecule has 1 aromatic carbocycles. The summed E-state index contributed by atoms with van der Waals surface area (Å²) in [6, 6.07) is 5.37. The fraction of sp³-hybridized carbons (Fsp3) is 0.478. The Morgan fingerprint density at radius 3 is 2.79 bits per heavy atom.